The lowest BCUT2D eigenvalue weighted by Crippen LogP contribution is -2.16. The van der Waals surface area contributed by atoms with Crippen molar-refractivity contribution in [3.05, 3.63) is 0 Å². The average molecular weight is 218 g/mol. The topological polar surface area (TPSA) is 74.6 Å². The third kappa shape index (κ3) is 9.41. The Hall–Kier alpha value is -0.900. The number of unbranched alkanes of at least 4 members (excludes halogenated alkanes) is 1. The smallest absolute Gasteiger partial charge is 0.372 e. The Balaban J connectivity index is 0. The summed E-state index contributed by atoms with van der Waals surface area (Å²) in [6.07, 6.45) is 4.22. The second-order valence-corrected chi connectivity index (χ2v) is 3.35. The molecule has 4 nitrogen and oxygen atoms in total. The molecule has 0 saturated carbocycles. The number of carboxylic acids is 1. The van der Waals surface area contributed by atoms with Crippen molar-refractivity contribution in [2.75, 3.05) is 7.11 Å². The predicted octanol–water partition coefficient (Wildman–Crippen LogP) is 1.86. The van der Waals surface area contributed by atoms with E-state index in [1.54, 1.807) is 0 Å². The highest BCUT2D eigenvalue weighted by Gasteiger charge is 2.16. The Bertz CT molecular complexity index is 177. The molecule has 90 valence electrons. The molecule has 0 aliphatic rings. The third-order valence-electron chi connectivity index (χ3n) is 2.26. The molecule has 0 aliphatic carbocycles. The molecule has 15 heavy (non-hydrogen) atoms. The van der Waals surface area contributed by atoms with Gasteiger partial charge in [-0.05, 0) is 5.92 Å². The number of hydrogen-bond acceptors (Lipinski definition) is 3. The summed E-state index contributed by atoms with van der Waals surface area (Å²) in [5.74, 6) is -1.69. The first-order chi connectivity index (χ1) is 7.11. The predicted molar refractivity (Wildman–Crippen MR) is 58.7 cm³/mol. The molecule has 0 rings (SSSR count). The maximum atomic E-state index is 10.9. The number of Topliss-reactive ketones (excluding diaryl/α,β-unsaturated/α-hetero) is 1. The summed E-state index contributed by atoms with van der Waals surface area (Å²) in [5, 5.41) is 15.4. The van der Waals surface area contributed by atoms with Crippen LogP contribution in [-0.4, -0.2) is 29.1 Å². The average Bonchev–Trinajstić information content (AvgIpc) is 2.26. The van der Waals surface area contributed by atoms with Crippen molar-refractivity contribution in [1.82, 2.24) is 0 Å². The van der Waals surface area contributed by atoms with Crippen LogP contribution < -0.4 is 0 Å². The van der Waals surface area contributed by atoms with Crippen LogP contribution in [0.4, 0.5) is 0 Å². The molecule has 0 aliphatic heterocycles. The molecule has 0 fully saturated rings. The number of aliphatic hydroxyl groups excluding tert-OH is 1. The minimum Gasteiger partial charge on any atom is -0.476 e. The van der Waals surface area contributed by atoms with Gasteiger partial charge in [-0.1, -0.05) is 39.5 Å². The van der Waals surface area contributed by atoms with Gasteiger partial charge in [-0.2, -0.15) is 0 Å². The fraction of sp³-hybridized carbons (Fsp3) is 0.818. The number of carboxylic acid groups (broad SMARTS) is 1. The van der Waals surface area contributed by atoms with Crippen molar-refractivity contribution in [3.8, 4) is 0 Å². The van der Waals surface area contributed by atoms with Gasteiger partial charge in [0.1, 0.15) is 0 Å². The maximum Gasteiger partial charge on any atom is 0.372 e. The fourth-order valence-corrected chi connectivity index (χ4v) is 1.29. The van der Waals surface area contributed by atoms with Crippen molar-refractivity contribution in [3.63, 3.8) is 0 Å². The second kappa shape index (κ2) is 11.2. The van der Waals surface area contributed by atoms with Crippen LogP contribution in [-0.2, 0) is 9.59 Å². The molecule has 0 heterocycles. The highest BCUT2D eigenvalue weighted by atomic mass is 16.4. The molecule has 0 amide bonds. The molecule has 0 saturated heterocycles. The lowest BCUT2D eigenvalue weighted by molar-refractivity contribution is -0.149. The molecular formula is C11H22O4. The largest absolute Gasteiger partial charge is 0.476 e. The molecule has 1 unspecified atom stereocenters. The second-order valence-electron chi connectivity index (χ2n) is 3.35. The summed E-state index contributed by atoms with van der Waals surface area (Å²) in [5.41, 5.74) is 0. The number of carbonyl (C=O) groups is 2. The van der Waals surface area contributed by atoms with Crippen LogP contribution >= 0.6 is 0 Å². The van der Waals surface area contributed by atoms with Gasteiger partial charge in [0.15, 0.2) is 0 Å². The van der Waals surface area contributed by atoms with Crippen LogP contribution in [0.5, 0.6) is 0 Å². The Morgan fingerprint density at radius 2 is 1.73 bits per heavy atom. The van der Waals surface area contributed by atoms with E-state index in [1.807, 2.05) is 6.92 Å². The Morgan fingerprint density at radius 3 is 2.07 bits per heavy atom. The quantitative estimate of drug-likeness (QED) is 0.639. The van der Waals surface area contributed by atoms with Gasteiger partial charge in [-0.15, -0.1) is 0 Å². The van der Waals surface area contributed by atoms with Gasteiger partial charge in [0, 0.05) is 13.5 Å². The van der Waals surface area contributed by atoms with E-state index in [0.29, 0.717) is 0 Å². The SMILES string of the molecule is CCCCC(CC)CC(=O)C(=O)O.CO. The molecule has 0 spiro atoms. The Kier molecular flexibility index (Phi) is 12.3. The normalized spacial score (nSPS) is 11.2. The number of hydrogen-bond donors (Lipinski definition) is 2. The fourth-order valence-electron chi connectivity index (χ4n) is 1.29. The zero-order chi connectivity index (χ0) is 12.3. The van der Waals surface area contributed by atoms with Crippen LogP contribution in [0.3, 0.4) is 0 Å². The van der Waals surface area contributed by atoms with Gasteiger partial charge in [-0.3, -0.25) is 4.79 Å². The van der Waals surface area contributed by atoms with E-state index >= 15 is 0 Å². The van der Waals surface area contributed by atoms with Crippen molar-refractivity contribution in [2.45, 2.75) is 46.0 Å². The van der Waals surface area contributed by atoms with Gasteiger partial charge < -0.3 is 10.2 Å². The zero-order valence-electron chi connectivity index (χ0n) is 9.82. The van der Waals surface area contributed by atoms with E-state index < -0.39 is 11.8 Å². The molecule has 0 aromatic rings. The van der Waals surface area contributed by atoms with Gasteiger partial charge in [0.2, 0.25) is 5.78 Å². The molecule has 0 radical (unpaired) electrons. The summed E-state index contributed by atoms with van der Waals surface area (Å²) in [6, 6.07) is 0. The van der Waals surface area contributed by atoms with Crippen LogP contribution in [0.15, 0.2) is 0 Å². The van der Waals surface area contributed by atoms with E-state index in [2.05, 4.69) is 6.92 Å². The number of rotatable bonds is 7. The maximum absolute atomic E-state index is 10.9. The molecule has 1 atom stereocenters. The van der Waals surface area contributed by atoms with E-state index in [4.69, 9.17) is 10.2 Å². The lowest BCUT2D eigenvalue weighted by atomic mass is 9.94. The third-order valence-corrected chi connectivity index (χ3v) is 2.26. The van der Waals surface area contributed by atoms with E-state index in [9.17, 15) is 9.59 Å². The minimum atomic E-state index is -1.30. The first kappa shape index (κ1) is 16.5. The minimum absolute atomic E-state index is 0.200. The van der Waals surface area contributed by atoms with E-state index in [1.165, 1.54) is 0 Å². The summed E-state index contributed by atoms with van der Waals surface area (Å²) < 4.78 is 0. The van der Waals surface area contributed by atoms with E-state index in [0.717, 1.165) is 32.8 Å². The number of aliphatic carboxylic acids is 1. The van der Waals surface area contributed by atoms with E-state index in [-0.39, 0.29) is 12.3 Å². The summed E-state index contributed by atoms with van der Waals surface area (Å²) in [7, 11) is 1.00. The number of carbonyl (C=O) groups excluding carboxylic acids is 1. The van der Waals surface area contributed by atoms with Crippen molar-refractivity contribution in [2.24, 2.45) is 5.92 Å². The summed E-state index contributed by atoms with van der Waals surface area (Å²) in [4.78, 5) is 21.2. The molecule has 0 bridgehead atoms. The van der Waals surface area contributed by atoms with Crippen LogP contribution in [0.25, 0.3) is 0 Å². The number of ketones is 1. The van der Waals surface area contributed by atoms with Crippen LogP contribution in [0.2, 0.25) is 0 Å². The monoisotopic (exact) mass is 218 g/mol. The standard InChI is InChI=1S/C10H18O3.CH4O/c1-3-5-6-8(4-2)7-9(11)10(12)13;1-2/h8H,3-7H2,1-2H3,(H,12,13);2H,1H3. The lowest BCUT2D eigenvalue weighted by Gasteiger charge is -2.11. The van der Waals surface area contributed by atoms with Gasteiger partial charge in [-0.25, -0.2) is 4.79 Å². The van der Waals surface area contributed by atoms with Crippen molar-refractivity contribution in [1.29, 1.82) is 0 Å². The summed E-state index contributed by atoms with van der Waals surface area (Å²) in [6.45, 7) is 4.08. The molecule has 4 heteroatoms. The van der Waals surface area contributed by atoms with Gasteiger partial charge >= 0.3 is 5.97 Å². The van der Waals surface area contributed by atoms with Crippen LogP contribution in [0, 0.1) is 5.92 Å². The first-order valence-corrected chi connectivity index (χ1v) is 5.32. The highest BCUT2D eigenvalue weighted by Crippen LogP contribution is 2.16. The van der Waals surface area contributed by atoms with Gasteiger partial charge in [0.05, 0.1) is 0 Å². The first-order valence-electron chi connectivity index (χ1n) is 5.32. The summed E-state index contributed by atoms with van der Waals surface area (Å²) >= 11 is 0. The zero-order valence-corrected chi connectivity index (χ0v) is 9.82. The van der Waals surface area contributed by atoms with Crippen molar-refractivity contribution >= 4 is 11.8 Å². The van der Waals surface area contributed by atoms with Gasteiger partial charge in [0.25, 0.3) is 0 Å². The molecule has 0 aromatic carbocycles. The molecule has 2 N–H and O–H groups in total. The number of aliphatic hydroxyl groups is 1. The van der Waals surface area contributed by atoms with Crippen LogP contribution in [0.1, 0.15) is 46.0 Å². The molecular weight excluding hydrogens is 196 g/mol. The highest BCUT2D eigenvalue weighted by molar-refractivity contribution is 6.32. The van der Waals surface area contributed by atoms with Crippen molar-refractivity contribution < 1.29 is 19.8 Å². The Labute approximate surface area is 91.3 Å². The Morgan fingerprint density at radius 1 is 1.20 bits per heavy atom. The molecule has 0 aromatic heterocycles.